The molecule has 330 valence electrons. The summed E-state index contributed by atoms with van der Waals surface area (Å²) in [6.45, 7) is 31.7. The first-order valence-corrected chi connectivity index (χ1v) is 37.3. The number of hydrogen-bond acceptors (Lipinski definition) is 5. The van der Waals surface area contributed by atoms with Gasteiger partial charge in [0.15, 0.2) is 0 Å². The van der Waals surface area contributed by atoms with Crippen molar-refractivity contribution in [2.45, 2.75) is 141 Å². The van der Waals surface area contributed by atoms with Gasteiger partial charge in [0.1, 0.15) is 11.2 Å². The fourth-order valence-corrected chi connectivity index (χ4v) is 14.8. The van der Waals surface area contributed by atoms with E-state index < -0.39 is 43.5 Å². The van der Waals surface area contributed by atoms with E-state index in [1.165, 1.54) is 20.7 Å². The SMILES string of the molecule is C[Si](C)(C)c1ccc(C(O)(c2ccc([Si](C)(C)C)cc2)[C@@H]2CCCN2Cc2cccc(CN3CCC[C@H]3C(O)(c3ccc([Si](C)(C)C)cc3)c3ccc([Si](C)(C)C)cc3)n2)cc1. The molecule has 2 saturated heterocycles. The highest BCUT2D eigenvalue weighted by Gasteiger charge is 2.47. The summed E-state index contributed by atoms with van der Waals surface area (Å²) in [5.41, 5.74) is 3.58. The lowest BCUT2D eigenvalue weighted by Crippen LogP contribution is -2.49. The van der Waals surface area contributed by atoms with Crippen LogP contribution in [-0.4, -0.2) is 82.5 Å². The van der Waals surface area contributed by atoms with Crippen LogP contribution < -0.4 is 20.7 Å². The van der Waals surface area contributed by atoms with Gasteiger partial charge < -0.3 is 10.2 Å². The van der Waals surface area contributed by atoms with Crippen molar-refractivity contribution >= 4 is 53.0 Å². The first-order valence-electron chi connectivity index (χ1n) is 23.3. The van der Waals surface area contributed by atoms with Crippen molar-refractivity contribution in [2.24, 2.45) is 0 Å². The zero-order valence-electron chi connectivity index (χ0n) is 40.0. The monoisotopic (exact) mass is 897 g/mol. The number of nitrogens with zero attached hydrogens (tertiary/aromatic N) is 3. The van der Waals surface area contributed by atoms with Gasteiger partial charge in [0.25, 0.3) is 0 Å². The molecule has 0 saturated carbocycles. The van der Waals surface area contributed by atoms with E-state index in [0.717, 1.165) is 72.4 Å². The molecule has 1 aromatic heterocycles. The Morgan fingerprint density at radius 2 is 0.694 bits per heavy atom. The van der Waals surface area contributed by atoms with E-state index in [9.17, 15) is 10.2 Å². The predicted octanol–water partition coefficient (Wildman–Crippen LogP) is 9.06. The fourth-order valence-electron chi connectivity index (χ4n) is 10.1. The normalized spacial score (nSPS) is 18.7. The van der Waals surface area contributed by atoms with E-state index in [0.29, 0.717) is 13.1 Å². The highest BCUT2D eigenvalue weighted by atomic mass is 28.3. The summed E-state index contributed by atoms with van der Waals surface area (Å²) < 4.78 is 0. The van der Waals surface area contributed by atoms with Crippen LogP contribution in [0.5, 0.6) is 0 Å². The maximum Gasteiger partial charge on any atom is 0.130 e. The zero-order valence-corrected chi connectivity index (χ0v) is 44.0. The lowest BCUT2D eigenvalue weighted by atomic mass is 9.79. The maximum atomic E-state index is 13.3. The topological polar surface area (TPSA) is 59.8 Å². The second-order valence-electron chi connectivity index (χ2n) is 22.7. The van der Waals surface area contributed by atoms with Gasteiger partial charge in [-0.1, -0.05) is 202 Å². The average Bonchev–Trinajstić information content (AvgIpc) is 3.89. The lowest BCUT2D eigenvalue weighted by Gasteiger charge is -2.41. The summed E-state index contributed by atoms with van der Waals surface area (Å²) in [6, 6.07) is 42.0. The molecule has 5 nitrogen and oxygen atoms in total. The molecule has 0 unspecified atom stereocenters. The van der Waals surface area contributed by atoms with Crippen LogP contribution in [0, 0.1) is 0 Å². The van der Waals surface area contributed by atoms with Gasteiger partial charge in [0, 0.05) is 25.2 Å². The summed E-state index contributed by atoms with van der Waals surface area (Å²) in [5, 5.41) is 32.2. The van der Waals surface area contributed by atoms with E-state index >= 15 is 0 Å². The summed E-state index contributed by atoms with van der Waals surface area (Å²) >= 11 is 0. The average molecular weight is 899 g/mol. The van der Waals surface area contributed by atoms with Crippen molar-refractivity contribution in [1.29, 1.82) is 0 Å². The fraction of sp³-hybridized carbons (Fsp3) is 0.453. The number of rotatable bonds is 14. The van der Waals surface area contributed by atoms with Gasteiger partial charge in [0.2, 0.25) is 0 Å². The number of benzene rings is 4. The minimum Gasteiger partial charge on any atom is -0.379 e. The van der Waals surface area contributed by atoms with Gasteiger partial charge in [-0.05, 0) is 73.2 Å². The maximum absolute atomic E-state index is 13.3. The highest BCUT2D eigenvalue weighted by molar-refractivity contribution is 6.90. The Morgan fingerprint density at radius 3 is 0.935 bits per heavy atom. The van der Waals surface area contributed by atoms with Crippen LogP contribution in [0.3, 0.4) is 0 Å². The van der Waals surface area contributed by atoms with E-state index in [1.54, 1.807) is 0 Å². The van der Waals surface area contributed by atoms with Crippen molar-refractivity contribution in [1.82, 2.24) is 14.8 Å². The molecule has 7 rings (SSSR count). The zero-order chi connectivity index (χ0) is 44.9. The van der Waals surface area contributed by atoms with Crippen LogP contribution >= 0.6 is 0 Å². The van der Waals surface area contributed by atoms with Gasteiger partial charge in [-0.15, -0.1) is 0 Å². The van der Waals surface area contributed by atoms with Crippen LogP contribution in [0.2, 0.25) is 78.6 Å². The number of hydrogen-bond donors (Lipinski definition) is 2. The minimum atomic E-state index is -1.52. The van der Waals surface area contributed by atoms with Crippen LogP contribution in [0.25, 0.3) is 0 Å². The van der Waals surface area contributed by atoms with Crippen LogP contribution in [0.4, 0.5) is 0 Å². The molecule has 0 radical (unpaired) electrons. The molecular weight excluding hydrogens is 823 g/mol. The highest BCUT2D eigenvalue weighted by Crippen LogP contribution is 2.42. The Balaban J connectivity index is 1.18. The molecule has 0 amide bonds. The molecule has 9 heteroatoms. The Bertz CT molecular complexity index is 2010. The third-order valence-electron chi connectivity index (χ3n) is 14.1. The lowest BCUT2D eigenvalue weighted by molar-refractivity contribution is -0.00765. The molecule has 2 aliphatic rings. The summed E-state index contributed by atoms with van der Waals surface area (Å²) in [6.07, 6.45) is 3.87. The Kier molecular flexibility index (Phi) is 13.3. The van der Waals surface area contributed by atoms with Crippen molar-refractivity contribution in [3.63, 3.8) is 0 Å². The van der Waals surface area contributed by atoms with Crippen LogP contribution in [0.15, 0.2) is 115 Å². The number of likely N-dealkylation sites (tertiary alicyclic amines) is 2. The quantitative estimate of drug-likeness (QED) is 0.109. The molecule has 3 heterocycles. The molecule has 2 N–H and O–H groups in total. The van der Waals surface area contributed by atoms with E-state index in [1.807, 2.05) is 0 Å². The van der Waals surface area contributed by atoms with E-state index in [2.05, 4.69) is 204 Å². The molecule has 62 heavy (non-hydrogen) atoms. The van der Waals surface area contributed by atoms with Gasteiger partial charge in [-0.25, -0.2) is 0 Å². The second kappa shape index (κ2) is 17.6. The Labute approximate surface area is 378 Å². The minimum absolute atomic E-state index is 0.0962. The van der Waals surface area contributed by atoms with E-state index in [-0.39, 0.29) is 12.1 Å². The molecule has 0 aliphatic carbocycles. The van der Waals surface area contributed by atoms with Crippen molar-refractivity contribution in [3.8, 4) is 0 Å². The second-order valence-corrected chi connectivity index (χ2v) is 43.0. The van der Waals surface area contributed by atoms with Gasteiger partial charge in [-0.2, -0.15) is 0 Å². The smallest absolute Gasteiger partial charge is 0.130 e. The molecule has 0 spiro atoms. The summed E-state index contributed by atoms with van der Waals surface area (Å²) in [5.74, 6) is 0. The van der Waals surface area contributed by atoms with Gasteiger partial charge in [0.05, 0.1) is 43.7 Å². The Morgan fingerprint density at radius 1 is 0.435 bits per heavy atom. The third-order valence-corrected chi connectivity index (χ3v) is 22.3. The van der Waals surface area contributed by atoms with Crippen molar-refractivity contribution in [2.75, 3.05) is 13.1 Å². The molecule has 2 fully saturated rings. The first kappa shape index (κ1) is 46.7. The summed E-state index contributed by atoms with van der Waals surface area (Å²) in [7, 11) is -6.06. The van der Waals surface area contributed by atoms with Crippen molar-refractivity contribution in [3.05, 3.63) is 149 Å². The Hall–Kier alpha value is -3.26. The van der Waals surface area contributed by atoms with Crippen LogP contribution in [-0.2, 0) is 24.3 Å². The predicted molar refractivity (Wildman–Crippen MR) is 275 cm³/mol. The molecule has 0 bridgehead atoms. The van der Waals surface area contributed by atoms with E-state index in [4.69, 9.17) is 4.98 Å². The van der Waals surface area contributed by atoms with Gasteiger partial charge >= 0.3 is 0 Å². The molecule has 2 aliphatic heterocycles. The molecule has 4 aromatic carbocycles. The van der Waals surface area contributed by atoms with Crippen LogP contribution in [0.1, 0.15) is 59.3 Å². The molecule has 2 atom stereocenters. The number of pyridine rings is 1. The third kappa shape index (κ3) is 9.71. The summed E-state index contributed by atoms with van der Waals surface area (Å²) in [4.78, 5) is 10.3. The molecule has 5 aromatic rings. The largest absolute Gasteiger partial charge is 0.379 e. The molecular formula is C53H75N3O2Si4. The van der Waals surface area contributed by atoms with Gasteiger partial charge in [-0.3, -0.25) is 14.8 Å². The standard InChI is InChI=1S/C53H75N3O2Si4/c1-59(2,3)46-28-20-40(21-29-46)52(57,41-22-30-47(31-23-41)60(4,5)6)50-18-14-36-55(50)38-44-16-13-17-45(54-44)39-56-37-15-19-51(56)53(58,42-24-32-48(33-25-42)61(7,8)9)43-26-34-49(35-27-43)62(10,11)12/h13,16-17,20-35,50-51,57-58H,14-15,18-19,36-39H2,1-12H3/t50-,51-/m0/s1. The number of aliphatic hydroxyl groups is 2. The first-order chi connectivity index (χ1) is 29.0. The van der Waals surface area contributed by atoms with Crippen molar-refractivity contribution < 1.29 is 10.2 Å². The number of aromatic nitrogens is 1.